The largest absolute Gasteiger partial charge is 0.286 e. The number of hydroxylamine groups is 2. The summed E-state index contributed by atoms with van der Waals surface area (Å²) in [5.74, 6) is -0.365. The van der Waals surface area contributed by atoms with Crippen LogP contribution in [0.1, 0.15) is 12.5 Å². The summed E-state index contributed by atoms with van der Waals surface area (Å²) in [6.07, 6.45) is 0. The maximum absolute atomic E-state index is 10.6. The van der Waals surface area contributed by atoms with E-state index in [0.717, 1.165) is 11.3 Å². The molecule has 1 aromatic rings. The minimum absolute atomic E-state index is 0.0915. The predicted molar refractivity (Wildman–Crippen MR) is 69.5 cm³/mol. The molecular formula is C11H18N2O4S. The Morgan fingerprint density at radius 1 is 1.39 bits per heavy atom. The van der Waals surface area contributed by atoms with Crippen molar-refractivity contribution in [2.45, 2.75) is 13.8 Å². The standard InChI is InChI=1S/C11H18N2O4S/c1-3-13(8-9-18(14,15)16)17-12-11-7-5-4-6-10(11)2/h4-7,12H,3,8-9H2,1-2H3,(H,14,15,16). The molecule has 6 nitrogen and oxygen atoms in total. The number of nitrogens with one attached hydrogen (secondary N) is 1. The molecule has 0 aliphatic heterocycles. The van der Waals surface area contributed by atoms with E-state index in [9.17, 15) is 8.42 Å². The van der Waals surface area contributed by atoms with Crippen molar-refractivity contribution in [2.24, 2.45) is 0 Å². The molecule has 18 heavy (non-hydrogen) atoms. The van der Waals surface area contributed by atoms with Crippen LogP contribution in [0.5, 0.6) is 0 Å². The Morgan fingerprint density at radius 2 is 2.06 bits per heavy atom. The number of para-hydroxylation sites is 1. The van der Waals surface area contributed by atoms with Gasteiger partial charge in [-0.25, -0.2) is 5.48 Å². The Bertz CT molecular complexity index is 476. The number of benzene rings is 1. The minimum Gasteiger partial charge on any atom is -0.286 e. The highest BCUT2D eigenvalue weighted by atomic mass is 32.2. The first kappa shape index (κ1) is 14.9. The molecular weight excluding hydrogens is 256 g/mol. The van der Waals surface area contributed by atoms with Crippen LogP contribution in [0.3, 0.4) is 0 Å². The molecule has 7 heteroatoms. The van der Waals surface area contributed by atoms with Crippen molar-refractivity contribution in [3.05, 3.63) is 29.8 Å². The van der Waals surface area contributed by atoms with E-state index in [-0.39, 0.29) is 12.3 Å². The summed E-state index contributed by atoms with van der Waals surface area (Å²) >= 11 is 0. The number of rotatable bonds is 7. The average Bonchev–Trinajstić information content (AvgIpc) is 2.30. The SMILES string of the molecule is CCN(CCS(=O)(=O)O)ONc1ccccc1C. The molecule has 0 radical (unpaired) electrons. The molecule has 0 saturated carbocycles. The smallest absolute Gasteiger partial charge is 0.266 e. The van der Waals surface area contributed by atoms with Crippen LogP contribution in [0.25, 0.3) is 0 Å². The van der Waals surface area contributed by atoms with Crippen LogP contribution in [0.15, 0.2) is 24.3 Å². The van der Waals surface area contributed by atoms with Crippen molar-refractivity contribution in [1.29, 1.82) is 0 Å². The molecule has 2 N–H and O–H groups in total. The van der Waals surface area contributed by atoms with E-state index in [1.807, 2.05) is 38.1 Å². The van der Waals surface area contributed by atoms with E-state index in [0.29, 0.717) is 6.54 Å². The molecule has 0 heterocycles. The molecule has 0 fully saturated rings. The summed E-state index contributed by atoms with van der Waals surface area (Å²) in [6, 6.07) is 7.57. The zero-order valence-electron chi connectivity index (χ0n) is 10.5. The van der Waals surface area contributed by atoms with Gasteiger partial charge in [0.1, 0.15) is 0 Å². The van der Waals surface area contributed by atoms with Crippen LogP contribution in [0, 0.1) is 6.92 Å². The average molecular weight is 274 g/mol. The third-order valence-electron chi connectivity index (χ3n) is 2.38. The van der Waals surface area contributed by atoms with Crippen LogP contribution in [0.4, 0.5) is 5.69 Å². The van der Waals surface area contributed by atoms with Gasteiger partial charge in [0.05, 0.1) is 11.4 Å². The van der Waals surface area contributed by atoms with Crippen LogP contribution in [-0.2, 0) is 15.1 Å². The summed E-state index contributed by atoms with van der Waals surface area (Å²) in [5.41, 5.74) is 4.57. The predicted octanol–water partition coefficient (Wildman–Crippen LogP) is 1.46. The summed E-state index contributed by atoms with van der Waals surface area (Å²) in [5, 5.41) is 1.42. The maximum atomic E-state index is 10.6. The van der Waals surface area contributed by atoms with Crippen LogP contribution in [-0.4, -0.2) is 36.9 Å². The van der Waals surface area contributed by atoms with Crippen molar-refractivity contribution >= 4 is 15.8 Å². The van der Waals surface area contributed by atoms with E-state index in [2.05, 4.69) is 5.48 Å². The third-order valence-corrected chi connectivity index (χ3v) is 3.08. The lowest BCUT2D eigenvalue weighted by Gasteiger charge is -2.20. The lowest BCUT2D eigenvalue weighted by atomic mass is 10.2. The topological polar surface area (TPSA) is 78.9 Å². The Balaban J connectivity index is 2.47. The monoisotopic (exact) mass is 274 g/mol. The molecule has 0 aliphatic rings. The first-order valence-corrected chi connectivity index (χ1v) is 7.22. The van der Waals surface area contributed by atoms with Gasteiger partial charge in [0.2, 0.25) is 0 Å². The van der Waals surface area contributed by atoms with Crippen molar-refractivity contribution < 1.29 is 17.9 Å². The number of hydrogen-bond donors (Lipinski definition) is 2. The molecule has 0 unspecified atom stereocenters. The Kier molecular flexibility index (Phi) is 5.54. The van der Waals surface area contributed by atoms with Crippen molar-refractivity contribution in [3.8, 4) is 0 Å². The van der Waals surface area contributed by atoms with E-state index < -0.39 is 10.1 Å². The van der Waals surface area contributed by atoms with Gasteiger partial charge in [-0.1, -0.05) is 18.2 Å². The molecule has 0 atom stereocenters. The molecule has 0 amide bonds. The van der Waals surface area contributed by atoms with Crippen molar-refractivity contribution in [2.75, 3.05) is 24.3 Å². The van der Waals surface area contributed by atoms with Gasteiger partial charge in [-0.2, -0.15) is 18.4 Å². The normalized spacial score (nSPS) is 11.8. The van der Waals surface area contributed by atoms with Gasteiger partial charge in [0, 0.05) is 13.1 Å². The van der Waals surface area contributed by atoms with Gasteiger partial charge in [0.25, 0.3) is 10.1 Å². The fourth-order valence-corrected chi connectivity index (χ4v) is 1.72. The molecule has 0 aliphatic carbocycles. The second-order valence-corrected chi connectivity index (χ2v) is 5.39. The van der Waals surface area contributed by atoms with Gasteiger partial charge in [-0.05, 0) is 25.5 Å². The Morgan fingerprint density at radius 3 is 2.61 bits per heavy atom. The second-order valence-electron chi connectivity index (χ2n) is 3.82. The van der Waals surface area contributed by atoms with Crippen LogP contribution < -0.4 is 5.48 Å². The molecule has 0 bridgehead atoms. The summed E-state index contributed by atoms with van der Waals surface area (Å²) < 4.78 is 29.9. The lowest BCUT2D eigenvalue weighted by molar-refractivity contribution is -0.123. The Labute approximate surface area is 107 Å². The highest BCUT2D eigenvalue weighted by Gasteiger charge is 2.10. The number of hydrogen-bond acceptors (Lipinski definition) is 5. The highest BCUT2D eigenvalue weighted by Crippen LogP contribution is 2.13. The highest BCUT2D eigenvalue weighted by molar-refractivity contribution is 7.85. The summed E-state index contributed by atoms with van der Waals surface area (Å²) in [7, 11) is -3.97. The zero-order valence-corrected chi connectivity index (χ0v) is 11.3. The van der Waals surface area contributed by atoms with Gasteiger partial charge < -0.3 is 0 Å². The van der Waals surface area contributed by atoms with Crippen molar-refractivity contribution in [3.63, 3.8) is 0 Å². The van der Waals surface area contributed by atoms with E-state index >= 15 is 0 Å². The van der Waals surface area contributed by atoms with E-state index in [4.69, 9.17) is 9.49 Å². The lowest BCUT2D eigenvalue weighted by Crippen LogP contribution is -2.31. The van der Waals surface area contributed by atoms with Gasteiger partial charge in [-0.3, -0.25) is 4.55 Å². The first-order chi connectivity index (χ1) is 8.42. The zero-order chi connectivity index (χ0) is 13.6. The maximum Gasteiger partial charge on any atom is 0.266 e. The number of nitrogens with zero attached hydrogens (tertiary/aromatic N) is 1. The number of anilines is 1. The van der Waals surface area contributed by atoms with E-state index in [1.165, 1.54) is 5.06 Å². The minimum atomic E-state index is -3.97. The fourth-order valence-electron chi connectivity index (χ4n) is 1.29. The fraction of sp³-hybridized carbons (Fsp3) is 0.455. The molecule has 102 valence electrons. The van der Waals surface area contributed by atoms with Gasteiger partial charge in [-0.15, -0.1) is 0 Å². The summed E-state index contributed by atoms with van der Waals surface area (Å²) in [6.45, 7) is 4.34. The van der Waals surface area contributed by atoms with Gasteiger partial charge >= 0.3 is 0 Å². The Hall–Kier alpha value is -1.15. The number of aryl methyl sites for hydroxylation is 1. The van der Waals surface area contributed by atoms with Crippen LogP contribution >= 0.6 is 0 Å². The second kappa shape index (κ2) is 6.69. The molecule has 0 spiro atoms. The van der Waals surface area contributed by atoms with Gasteiger partial charge in [0.15, 0.2) is 0 Å². The molecule has 1 rings (SSSR count). The first-order valence-electron chi connectivity index (χ1n) is 5.61. The van der Waals surface area contributed by atoms with E-state index in [1.54, 1.807) is 0 Å². The quantitative estimate of drug-likeness (QED) is 0.579. The van der Waals surface area contributed by atoms with Crippen molar-refractivity contribution in [1.82, 2.24) is 5.06 Å². The summed E-state index contributed by atoms with van der Waals surface area (Å²) in [4.78, 5) is 5.26. The molecule has 1 aromatic carbocycles. The molecule has 0 aromatic heterocycles. The van der Waals surface area contributed by atoms with Crippen LogP contribution in [0.2, 0.25) is 0 Å². The molecule has 0 saturated heterocycles. The third kappa shape index (κ3) is 5.46.